The third-order valence-electron chi connectivity index (χ3n) is 4.34. The third kappa shape index (κ3) is 4.45. The van der Waals surface area contributed by atoms with Crippen molar-refractivity contribution in [3.63, 3.8) is 0 Å². The fourth-order valence-electron chi connectivity index (χ4n) is 2.86. The number of aromatic nitrogens is 2. The zero-order valence-corrected chi connectivity index (χ0v) is 15.2. The van der Waals surface area contributed by atoms with Gasteiger partial charge in [0.25, 0.3) is 5.91 Å². The van der Waals surface area contributed by atoms with Crippen molar-refractivity contribution < 1.29 is 27.5 Å². The summed E-state index contributed by atoms with van der Waals surface area (Å²) in [4.78, 5) is 12.4. The number of amides is 1. The van der Waals surface area contributed by atoms with E-state index in [0.29, 0.717) is 15.8 Å². The molecule has 9 heteroatoms. The van der Waals surface area contributed by atoms with Crippen LogP contribution in [0.3, 0.4) is 0 Å². The van der Waals surface area contributed by atoms with Crippen LogP contribution in [0, 0.1) is 12.7 Å². The van der Waals surface area contributed by atoms with Gasteiger partial charge in [0, 0.05) is 6.54 Å². The molecule has 0 radical (unpaired) electrons. The number of nitrogens with one attached hydrogen (secondary N) is 1. The summed E-state index contributed by atoms with van der Waals surface area (Å²) in [5.74, 6) is -1.53. The average molecular weight is 407 g/mol. The van der Waals surface area contributed by atoms with Crippen LogP contribution in [-0.2, 0) is 6.18 Å². The van der Waals surface area contributed by atoms with E-state index in [1.807, 2.05) is 0 Å². The van der Waals surface area contributed by atoms with Crippen LogP contribution in [0.4, 0.5) is 17.6 Å². The van der Waals surface area contributed by atoms with Gasteiger partial charge in [0.15, 0.2) is 5.69 Å². The fourth-order valence-corrected chi connectivity index (χ4v) is 2.86. The van der Waals surface area contributed by atoms with Crippen LogP contribution in [-0.4, -0.2) is 27.3 Å². The number of rotatable bonds is 5. The number of aliphatic hydroxyl groups excluding tert-OH is 1. The molecule has 1 unspecified atom stereocenters. The molecule has 0 saturated carbocycles. The zero-order valence-electron chi connectivity index (χ0n) is 15.2. The lowest BCUT2D eigenvalue weighted by Crippen LogP contribution is -2.30. The van der Waals surface area contributed by atoms with Gasteiger partial charge in [0.2, 0.25) is 0 Å². The van der Waals surface area contributed by atoms with Crippen molar-refractivity contribution in [3.8, 4) is 5.69 Å². The highest BCUT2D eigenvalue weighted by atomic mass is 19.4. The van der Waals surface area contributed by atoms with Gasteiger partial charge in [-0.15, -0.1) is 0 Å². The summed E-state index contributed by atoms with van der Waals surface area (Å²) in [7, 11) is 0. The van der Waals surface area contributed by atoms with Gasteiger partial charge in [-0.3, -0.25) is 4.79 Å². The number of aryl methyl sites for hydroxylation is 1. The highest BCUT2D eigenvalue weighted by molar-refractivity contribution is 5.95. The van der Waals surface area contributed by atoms with Crippen molar-refractivity contribution in [3.05, 3.63) is 82.9 Å². The molecule has 0 bridgehead atoms. The van der Waals surface area contributed by atoms with Gasteiger partial charge in [0.1, 0.15) is 5.82 Å². The summed E-state index contributed by atoms with van der Waals surface area (Å²) in [6, 6.07) is 11.3. The van der Waals surface area contributed by atoms with E-state index in [1.165, 1.54) is 18.2 Å². The number of carbonyl (C=O) groups is 1. The first-order valence-electron chi connectivity index (χ1n) is 8.61. The van der Waals surface area contributed by atoms with Crippen molar-refractivity contribution in [1.29, 1.82) is 0 Å². The smallest absolute Gasteiger partial charge is 0.387 e. The van der Waals surface area contributed by atoms with Crippen LogP contribution < -0.4 is 5.32 Å². The average Bonchev–Trinajstić information content (AvgIpc) is 3.12. The lowest BCUT2D eigenvalue weighted by atomic mass is 10.1. The van der Waals surface area contributed by atoms with E-state index in [1.54, 1.807) is 25.1 Å². The predicted octanol–water partition coefficient (Wildman–Crippen LogP) is 3.80. The molecule has 0 fully saturated rings. The Bertz CT molecular complexity index is 1010. The Hall–Kier alpha value is -3.20. The zero-order chi connectivity index (χ0) is 21.2. The molecule has 0 aliphatic carbocycles. The van der Waals surface area contributed by atoms with Crippen LogP contribution in [0.2, 0.25) is 0 Å². The maximum absolute atomic E-state index is 13.7. The molecule has 1 heterocycles. The van der Waals surface area contributed by atoms with E-state index < -0.39 is 35.3 Å². The topological polar surface area (TPSA) is 67.2 Å². The Labute approximate surface area is 163 Å². The van der Waals surface area contributed by atoms with E-state index in [9.17, 15) is 27.5 Å². The second-order valence-corrected chi connectivity index (χ2v) is 6.38. The molecule has 0 aliphatic heterocycles. The molecule has 152 valence electrons. The van der Waals surface area contributed by atoms with Crippen LogP contribution in [0.15, 0.2) is 54.7 Å². The first-order chi connectivity index (χ1) is 13.7. The molecule has 1 aromatic heterocycles. The molecule has 3 aromatic rings. The van der Waals surface area contributed by atoms with Crippen molar-refractivity contribution in [2.24, 2.45) is 0 Å². The lowest BCUT2D eigenvalue weighted by molar-refractivity contribution is -0.143. The molecular formula is C20H17F4N3O2. The molecule has 5 nitrogen and oxygen atoms in total. The minimum absolute atomic E-state index is 0.199. The first kappa shape index (κ1) is 20.5. The largest absolute Gasteiger partial charge is 0.434 e. The number of aliphatic hydroxyl groups is 1. The van der Waals surface area contributed by atoms with Crippen LogP contribution in [0.5, 0.6) is 0 Å². The fraction of sp³-hybridized carbons (Fsp3) is 0.200. The first-order valence-corrected chi connectivity index (χ1v) is 8.61. The number of carbonyl (C=O) groups excluding carboxylic acids is 1. The standard InChI is InChI=1S/C20H17F4N3O2/c1-12-4-2-3-5-16(12)27-18(20(22,23)24)15(10-26-27)19(29)25-11-17(28)13-6-8-14(21)9-7-13/h2-10,17,28H,11H2,1H3,(H,25,29). The summed E-state index contributed by atoms with van der Waals surface area (Å²) >= 11 is 0. The summed E-state index contributed by atoms with van der Waals surface area (Å²) in [6.45, 7) is 1.28. The van der Waals surface area contributed by atoms with E-state index in [-0.39, 0.29) is 12.2 Å². The second kappa shape index (κ2) is 8.04. The quantitative estimate of drug-likeness (QED) is 0.633. The number of nitrogens with zero attached hydrogens (tertiary/aromatic N) is 2. The second-order valence-electron chi connectivity index (χ2n) is 6.38. The molecule has 2 aromatic carbocycles. The van der Waals surface area contributed by atoms with E-state index in [0.717, 1.165) is 18.3 Å². The number of para-hydroxylation sites is 1. The number of hydrogen-bond donors (Lipinski definition) is 2. The van der Waals surface area contributed by atoms with Gasteiger partial charge in [-0.2, -0.15) is 18.3 Å². The Balaban J connectivity index is 1.85. The van der Waals surface area contributed by atoms with Gasteiger partial charge >= 0.3 is 6.18 Å². The van der Waals surface area contributed by atoms with Crippen LogP contribution in [0.1, 0.15) is 33.3 Å². The molecule has 1 amide bonds. The maximum atomic E-state index is 13.7. The molecule has 1 atom stereocenters. The van der Waals surface area contributed by atoms with Crippen molar-refractivity contribution in [2.75, 3.05) is 6.54 Å². The molecule has 2 N–H and O–H groups in total. The number of benzene rings is 2. The SMILES string of the molecule is Cc1ccccc1-n1ncc(C(=O)NCC(O)c2ccc(F)cc2)c1C(F)(F)F. The summed E-state index contributed by atoms with van der Waals surface area (Å²) < 4.78 is 54.7. The van der Waals surface area contributed by atoms with Crippen molar-refractivity contribution in [2.45, 2.75) is 19.2 Å². The van der Waals surface area contributed by atoms with Gasteiger partial charge in [-0.1, -0.05) is 30.3 Å². The maximum Gasteiger partial charge on any atom is 0.434 e. The predicted molar refractivity (Wildman–Crippen MR) is 97.0 cm³/mol. The molecule has 3 rings (SSSR count). The normalized spacial score (nSPS) is 12.6. The van der Waals surface area contributed by atoms with Crippen molar-refractivity contribution >= 4 is 5.91 Å². The third-order valence-corrected chi connectivity index (χ3v) is 4.34. The van der Waals surface area contributed by atoms with E-state index >= 15 is 0 Å². The molecule has 0 aliphatic rings. The van der Waals surface area contributed by atoms with Crippen molar-refractivity contribution in [1.82, 2.24) is 15.1 Å². The summed E-state index contributed by atoms with van der Waals surface area (Å²) in [5.41, 5.74) is -0.795. The monoisotopic (exact) mass is 407 g/mol. The summed E-state index contributed by atoms with van der Waals surface area (Å²) in [5, 5.41) is 16.1. The molecule has 0 saturated heterocycles. The Morgan fingerprint density at radius 1 is 1.17 bits per heavy atom. The highest BCUT2D eigenvalue weighted by Crippen LogP contribution is 2.34. The van der Waals surface area contributed by atoms with E-state index in [4.69, 9.17) is 0 Å². The Morgan fingerprint density at radius 3 is 2.45 bits per heavy atom. The summed E-state index contributed by atoms with van der Waals surface area (Å²) in [6.07, 6.45) is -5.20. The highest BCUT2D eigenvalue weighted by Gasteiger charge is 2.40. The lowest BCUT2D eigenvalue weighted by Gasteiger charge is -2.15. The van der Waals surface area contributed by atoms with Gasteiger partial charge in [-0.05, 0) is 36.2 Å². The minimum atomic E-state index is -4.83. The number of hydrogen-bond acceptors (Lipinski definition) is 3. The minimum Gasteiger partial charge on any atom is -0.387 e. The van der Waals surface area contributed by atoms with Crippen LogP contribution >= 0.6 is 0 Å². The number of halogens is 4. The van der Waals surface area contributed by atoms with Gasteiger partial charge in [0.05, 0.1) is 23.6 Å². The molecular weight excluding hydrogens is 390 g/mol. The van der Waals surface area contributed by atoms with Crippen LogP contribution in [0.25, 0.3) is 5.69 Å². The molecule has 29 heavy (non-hydrogen) atoms. The van der Waals surface area contributed by atoms with E-state index in [2.05, 4.69) is 10.4 Å². The van der Waals surface area contributed by atoms with Gasteiger partial charge in [-0.25, -0.2) is 9.07 Å². The number of alkyl halides is 3. The Kier molecular flexibility index (Phi) is 5.69. The Morgan fingerprint density at radius 2 is 1.83 bits per heavy atom. The van der Waals surface area contributed by atoms with Gasteiger partial charge < -0.3 is 10.4 Å². The molecule has 0 spiro atoms.